The molecular weight excluding hydrogens is 238 g/mol. The van der Waals surface area contributed by atoms with Gasteiger partial charge in [-0.25, -0.2) is 4.98 Å². The Bertz CT molecular complexity index is 413. The Kier molecular flexibility index (Phi) is 3.89. The zero-order valence-electron chi connectivity index (χ0n) is 12.1. The maximum atomic E-state index is 5.77. The smallest absolute Gasteiger partial charge is 0.208 e. The number of piperazine rings is 1. The number of aryl methyl sites for hydroxylation is 1. The van der Waals surface area contributed by atoms with E-state index in [1.807, 2.05) is 6.20 Å². The van der Waals surface area contributed by atoms with E-state index in [1.165, 1.54) is 19.3 Å². The van der Waals surface area contributed by atoms with E-state index in [0.717, 1.165) is 43.6 Å². The minimum atomic E-state index is 0.618. The summed E-state index contributed by atoms with van der Waals surface area (Å²) in [5.74, 6) is 2.79. The lowest BCUT2D eigenvalue weighted by atomic mass is 10.0. The van der Waals surface area contributed by atoms with E-state index in [4.69, 9.17) is 4.42 Å². The lowest BCUT2D eigenvalue weighted by molar-refractivity contribution is 0.101. The summed E-state index contributed by atoms with van der Waals surface area (Å²) in [6, 6.07) is 1.30. The number of rotatable bonds is 5. The molecule has 0 amide bonds. The summed E-state index contributed by atoms with van der Waals surface area (Å²) in [4.78, 5) is 6.97. The molecule has 1 aromatic rings. The van der Waals surface area contributed by atoms with Gasteiger partial charge in [-0.05, 0) is 25.2 Å². The van der Waals surface area contributed by atoms with Gasteiger partial charge in [0.15, 0.2) is 0 Å². The normalized spacial score (nSPS) is 28.7. The van der Waals surface area contributed by atoms with E-state index >= 15 is 0 Å². The van der Waals surface area contributed by atoms with Crippen LogP contribution in [0.1, 0.15) is 44.8 Å². The summed E-state index contributed by atoms with van der Waals surface area (Å²) < 4.78 is 5.77. The van der Waals surface area contributed by atoms with Crippen LogP contribution in [0.25, 0.3) is 0 Å². The SMILES string of the molecule is CCc1cnc(CN2CC(C3CC3)NCC2CC)o1. The fourth-order valence-corrected chi connectivity index (χ4v) is 3.05. The zero-order chi connectivity index (χ0) is 13.2. The van der Waals surface area contributed by atoms with Gasteiger partial charge >= 0.3 is 0 Å². The molecule has 0 bridgehead atoms. The van der Waals surface area contributed by atoms with E-state index in [9.17, 15) is 0 Å². The third-order valence-corrected chi connectivity index (χ3v) is 4.51. The second-order valence-electron chi connectivity index (χ2n) is 5.92. The molecule has 1 aliphatic carbocycles. The van der Waals surface area contributed by atoms with Crippen molar-refractivity contribution in [3.8, 4) is 0 Å². The van der Waals surface area contributed by atoms with Gasteiger partial charge in [0.2, 0.25) is 5.89 Å². The molecule has 3 rings (SSSR count). The van der Waals surface area contributed by atoms with Crippen molar-refractivity contribution in [1.82, 2.24) is 15.2 Å². The molecule has 0 aromatic carbocycles. The molecule has 106 valence electrons. The summed E-state index contributed by atoms with van der Waals surface area (Å²) >= 11 is 0. The van der Waals surface area contributed by atoms with E-state index in [2.05, 4.69) is 29.0 Å². The molecule has 2 atom stereocenters. The van der Waals surface area contributed by atoms with Gasteiger partial charge in [-0.15, -0.1) is 0 Å². The summed E-state index contributed by atoms with van der Waals surface area (Å²) in [6.45, 7) is 7.49. The molecule has 4 heteroatoms. The molecule has 1 saturated carbocycles. The third-order valence-electron chi connectivity index (χ3n) is 4.51. The first-order valence-electron chi connectivity index (χ1n) is 7.71. The Morgan fingerprint density at radius 3 is 2.89 bits per heavy atom. The molecule has 1 N–H and O–H groups in total. The van der Waals surface area contributed by atoms with Crippen molar-refractivity contribution < 1.29 is 4.42 Å². The Morgan fingerprint density at radius 1 is 1.42 bits per heavy atom. The predicted octanol–water partition coefficient (Wildman–Crippen LogP) is 2.20. The van der Waals surface area contributed by atoms with Crippen LogP contribution in [-0.2, 0) is 13.0 Å². The number of hydrogen-bond acceptors (Lipinski definition) is 4. The van der Waals surface area contributed by atoms with Crippen LogP contribution in [0.3, 0.4) is 0 Å². The molecule has 1 saturated heterocycles. The molecule has 19 heavy (non-hydrogen) atoms. The molecule has 2 aliphatic rings. The largest absolute Gasteiger partial charge is 0.444 e. The van der Waals surface area contributed by atoms with E-state index in [-0.39, 0.29) is 0 Å². The zero-order valence-corrected chi connectivity index (χ0v) is 12.1. The second kappa shape index (κ2) is 5.63. The highest BCUT2D eigenvalue weighted by Gasteiger charge is 2.36. The third kappa shape index (κ3) is 3.00. The lowest BCUT2D eigenvalue weighted by Gasteiger charge is -2.39. The maximum absolute atomic E-state index is 5.77. The summed E-state index contributed by atoms with van der Waals surface area (Å²) in [5, 5.41) is 3.72. The van der Waals surface area contributed by atoms with Crippen LogP contribution < -0.4 is 5.32 Å². The molecule has 1 aromatic heterocycles. The van der Waals surface area contributed by atoms with Crippen LogP contribution >= 0.6 is 0 Å². The first-order chi connectivity index (χ1) is 9.30. The van der Waals surface area contributed by atoms with Crippen molar-refractivity contribution in [2.24, 2.45) is 5.92 Å². The first-order valence-corrected chi connectivity index (χ1v) is 7.71. The van der Waals surface area contributed by atoms with Crippen molar-refractivity contribution >= 4 is 0 Å². The molecule has 2 fully saturated rings. The summed E-state index contributed by atoms with van der Waals surface area (Å²) in [6.07, 6.45) is 6.79. The number of oxazole rings is 1. The van der Waals surface area contributed by atoms with Gasteiger partial charge in [0.1, 0.15) is 5.76 Å². The Morgan fingerprint density at radius 2 is 2.26 bits per heavy atom. The molecule has 1 aliphatic heterocycles. The summed E-state index contributed by atoms with van der Waals surface area (Å²) in [7, 11) is 0. The fourth-order valence-electron chi connectivity index (χ4n) is 3.05. The maximum Gasteiger partial charge on any atom is 0.208 e. The topological polar surface area (TPSA) is 41.3 Å². The van der Waals surface area contributed by atoms with Crippen molar-refractivity contribution in [3.63, 3.8) is 0 Å². The van der Waals surface area contributed by atoms with Gasteiger partial charge in [0, 0.05) is 31.6 Å². The average Bonchev–Trinajstić information content (AvgIpc) is 3.19. The van der Waals surface area contributed by atoms with Gasteiger partial charge in [-0.3, -0.25) is 4.90 Å². The van der Waals surface area contributed by atoms with Crippen LogP contribution in [0.15, 0.2) is 10.6 Å². The molecule has 0 radical (unpaired) electrons. The lowest BCUT2D eigenvalue weighted by Crippen LogP contribution is -2.56. The average molecular weight is 263 g/mol. The van der Waals surface area contributed by atoms with Crippen molar-refractivity contribution in [3.05, 3.63) is 17.8 Å². The minimum absolute atomic E-state index is 0.618. The van der Waals surface area contributed by atoms with Gasteiger partial charge in [-0.2, -0.15) is 0 Å². The highest BCUT2D eigenvalue weighted by molar-refractivity contribution is 4.97. The van der Waals surface area contributed by atoms with E-state index < -0.39 is 0 Å². The Balaban J connectivity index is 1.64. The summed E-state index contributed by atoms with van der Waals surface area (Å²) in [5.41, 5.74) is 0. The molecule has 4 nitrogen and oxygen atoms in total. The quantitative estimate of drug-likeness (QED) is 0.884. The standard InChI is InChI=1S/C15H25N3O/c1-3-12-7-16-14(11-5-6-11)9-18(12)10-15-17-8-13(4-2)19-15/h8,11-12,14,16H,3-7,9-10H2,1-2H3. The number of nitrogens with one attached hydrogen (secondary N) is 1. The van der Waals surface area contributed by atoms with Crippen LogP contribution in [0.5, 0.6) is 0 Å². The highest BCUT2D eigenvalue weighted by Crippen LogP contribution is 2.34. The number of nitrogens with zero attached hydrogens (tertiary/aromatic N) is 2. The highest BCUT2D eigenvalue weighted by atomic mass is 16.4. The second-order valence-corrected chi connectivity index (χ2v) is 5.92. The molecule has 2 unspecified atom stereocenters. The van der Waals surface area contributed by atoms with Gasteiger partial charge in [0.05, 0.1) is 12.7 Å². The van der Waals surface area contributed by atoms with Crippen LogP contribution in [0.2, 0.25) is 0 Å². The van der Waals surface area contributed by atoms with E-state index in [1.54, 1.807) is 0 Å². The molecular formula is C15H25N3O. The molecule has 2 heterocycles. The van der Waals surface area contributed by atoms with Crippen molar-refractivity contribution in [2.45, 2.75) is 58.2 Å². The van der Waals surface area contributed by atoms with Crippen LogP contribution in [0, 0.1) is 5.92 Å². The minimum Gasteiger partial charge on any atom is -0.444 e. The number of aromatic nitrogens is 1. The van der Waals surface area contributed by atoms with Crippen molar-refractivity contribution in [2.75, 3.05) is 13.1 Å². The Labute approximate surface area is 115 Å². The van der Waals surface area contributed by atoms with E-state index in [0.29, 0.717) is 12.1 Å². The monoisotopic (exact) mass is 263 g/mol. The van der Waals surface area contributed by atoms with Crippen molar-refractivity contribution in [1.29, 1.82) is 0 Å². The van der Waals surface area contributed by atoms with Gasteiger partial charge in [-0.1, -0.05) is 13.8 Å². The van der Waals surface area contributed by atoms with Crippen LogP contribution in [0.4, 0.5) is 0 Å². The Hall–Kier alpha value is -0.870. The molecule has 0 spiro atoms. The predicted molar refractivity (Wildman–Crippen MR) is 74.9 cm³/mol. The first kappa shape index (κ1) is 13.1. The van der Waals surface area contributed by atoms with Gasteiger partial charge in [0.25, 0.3) is 0 Å². The van der Waals surface area contributed by atoms with Gasteiger partial charge < -0.3 is 9.73 Å². The fraction of sp³-hybridized carbons (Fsp3) is 0.800. The number of hydrogen-bond donors (Lipinski definition) is 1. The van der Waals surface area contributed by atoms with Crippen LogP contribution in [-0.4, -0.2) is 35.1 Å².